The van der Waals surface area contributed by atoms with Crippen LogP contribution in [-0.4, -0.2) is 27.8 Å². The third-order valence-corrected chi connectivity index (χ3v) is 4.30. The lowest BCUT2D eigenvalue weighted by Crippen LogP contribution is -2.72. The molecule has 1 fully saturated rings. The molecule has 0 bridgehead atoms. The number of carbonyl (C=O) groups excluding carboxylic acids is 2. The van der Waals surface area contributed by atoms with Gasteiger partial charge in [-0.2, -0.15) is 0 Å². The van der Waals surface area contributed by atoms with Crippen molar-refractivity contribution in [3.05, 3.63) is 35.6 Å². The van der Waals surface area contributed by atoms with Crippen LogP contribution >= 0.6 is 0 Å². The number of nitrogens with zero attached hydrogens (tertiary/aromatic N) is 1. The number of nitrogens with one attached hydrogen (secondary N) is 1. The number of halogens is 1. The van der Waals surface area contributed by atoms with E-state index < -0.39 is 11.1 Å². The lowest BCUT2D eigenvalue weighted by Gasteiger charge is -2.48. The van der Waals surface area contributed by atoms with Crippen LogP contribution in [0, 0.1) is 5.82 Å². The minimum Gasteiger partial charge on any atom is -0.340 e. The fourth-order valence-electron chi connectivity index (χ4n) is 2.41. The molecular formula is C16H21FN2O2. The van der Waals surface area contributed by atoms with E-state index in [1.54, 1.807) is 37.8 Å². The Hall–Kier alpha value is -1.91. The molecule has 1 N–H and O–H groups in total. The largest absolute Gasteiger partial charge is 0.340 e. The van der Waals surface area contributed by atoms with Gasteiger partial charge in [-0.1, -0.05) is 19.1 Å². The van der Waals surface area contributed by atoms with Gasteiger partial charge >= 0.3 is 0 Å². The topological polar surface area (TPSA) is 49.4 Å². The number of carbonyl (C=O) groups is 2. The summed E-state index contributed by atoms with van der Waals surface area (Å²) in [5.74, 6) is -0.605. The minimum absolute atomic E-state index is 0.112. The lowest BCUT2D eigenvalue weighted by atomic mass is 9.86. The fraction of sp³-hybridized carbons (Fsp3) is 0.500. The molecule has 5 heteroatoms. The molecule has 2 rings (SSSR count). The number of hydrogen-bond acceptors (Lipinski definition) is 2. The van der Waals surface area contributed by atoms with Gasteiger partial charge in [-0.25, -0.2) is 4.39 Å². The summed E-state index contributed by atoms with van der Waals surface area (Å²) in [6.45, 7) is 7.33. The van der Waals surface area contributed by atoms with Gasteiger partial charge in [-0.05, 0) is 44.9 Å². The van der Waals surface area contributed by atoms with E-state index in [9.17, 15) is 14.0 Å². The summed E-state index contributed by atoms with van der Waals surface area (Å²) in [7, 11) is 0. The third kappa shape index (κ3) is 2.64. The Morgan fingerprint density at radius 2 is 1.71 bits per heavy atom. The van der Waals surface area contributed by atoms with Crippen LogP contribution in [0.2, 0.25) is 0 Å². The first kappa shape index (κ1) is 15.5. The molecule has 4 nitrogen and oxygen atoms in total. The SMILES string of the molecule is CCC1(C)NC(=O)C(C)(C)N(Cc2ccc(F)cc2)C1=O. The molecule has 0 saturated carbocycles. The number of hydrogen-bond donors (Lipinski definition) is 1. The van der Waals surface area contributed by atoms with E-state index in [0.29, 0.717) is 6.42 Å². The van der Waals surface area contributed by atoms with E-state index in [2.05, 4.69) is 5.32 Å². The van der Waals surface area contributed by atoms with Crippen LogP contribution in [0.5, 0.6) is 0 Å². The first-order valence-electron chi connectivity index (χ1n) is 7.10. The number of amides is 2. The summed E-state index contributed by atoms with van der Waals surface area (Å²) < 4.78 is 13.0. The summed E-state index contributed by atoms with van der Waals surface area (Å²) in [5.41, 5.74) is -1.02. The maximum atomic E-state index is 13.0. The van der Waals surface area contributed by atoms with Crippen molar-refractivity contribution in [3.63, 3.8) is 0 Å². The van der Waals surface area contributed by atoms with Crippen molar-refractivity contribution in [1.82, 2.24) is 10.2 Å². The highest BCUT2D eigenvalue weighted by molar-refractivity contribution is 6.01. The normalized spacial score (nSPS) is 24.9. The van der Waals surface area contributed by atoms with E-state index in [1.807, 2.05) is 6.92 Å². The van der Waals surface area contributed by atoms with E-state index in [-0.39, 0.29) is 24.2 Å². The van der Waals surface area contributed by atoms with E-state index in [0.717, 1.165) is 5.56 Å². The quantitative estimate of drug-likeness (QED) is 0.928. The van der Waals surface area contributed by atoms with Gasteiger partial charge in [0.2, 0.25) is 11.8 Å². The zero-order chi connectivity index (χ0) is 15.8. The van der Waals surface area contributed by atoms with Crippen molar-refractivity contribution in [2.45, 2.75) is 51.7 Å². The first-order chi connectivity index (χ1) is 9.70. The van der Waals surface area contributed by atoms with Crippen molar-refractivity contribution in [2.24, 2.45) is 0 Å². The van der Waals surface area contributed by atoms with Crippen molar-refractivity contribution in [3.8, 4) is 0 Å². The summed E-state index contributed by atoms with van der Waals surface area (Å²) in [6, 6.07) is 5.98. The predicted octanol–water partition coefficient (Wildman–Crippen LogP) is 2.23. The number of piperazine rings is 1. The Labute approximate surface area is 124 Å². The highest BCUT2D eigenvalue weighted by atomic mass is 19.1. The van der Waals surface area contributed by atoms with Crippen LogP contribution in [0.15, 0.2) is 24.3 Å². The number of rotatable bonds is 3. The lowest BCUT2D eigenvalue weighted by molar-refractivity contribution is -0.161. The van der Waals surface area contributed by atoms with E-state index >= 15 is 0 Å². The fourth-order valence-corrected chi connectivity index (χ4v) is 2.41. The molecule has 1 aromatic rings. The molecule has 1 saturated heterocycles. The molecule has 0 radical (unpaired) electrons. The van der Waals surface area contributed by atoms with Crippen molar-refractivity contribution >= 4 is 11.8 Å². The smallest absolute Gasteiger partial charge is 0.249 e. The molecule has 0 spiro atoms. The second-order valence-corrected chi connectivity index (χ2v) is 6.22. The molecule has 114 valence electrons. The average molecular weight is 292 g/mol. The summed E-state index contributed by atoms with van der Waals surface area (Å²) in [5, 5.41) is 2.82. The molecule has 2 amide bonds. The van der Waals surface area contributed by atoms with Gasteiger partial charge in [0, 0.05) is 6.54 Å². The maximum Gasteiger partial charge on any atom is 0.249 e. The zero-order valence-electron chi connectivity index (χ0n) is 12.9. The first-order valence-corrected chi connectivity index (χ1v) is 7.10. The molecular weight excluding hydrogens is 271 g/mol. The van der Waals surface area contributed by atoms with Gasteiger partial charge in [-0.3, -0.25) is 9.59 Å². The molecule has 1 aliphatic heterocycles. The predicted molar refractivity (Wildman–Crippen MR) is 77.9 cm³/mol. The van der Waals surface area contributed by atoms with Crippen LogP contribution in [0.25, 0.3) is 0 Å². The van der Waals surface area contributed by atoms with Gasteiger partial charge in [0.15, 0.2) is 0 Å². The highest BCUT2D eigenvalue weighted by Gasteiger charge is 2.51. The Morgan fingerprint density at radius 3 is 2.24 bits per heavy atom. The van der Waals surface area contributed by atoms with Crippen molar-refractivity contribution in [2.75, 3.05) is 0 Å². The molecule has 21 heavy (non-hydrogen) atoms. The van der Waals surface area contributed by atoms with Crippen LogP contribution in [0.3, 0.4) is 0 Å². The Kier molecular flexibility index (Phi) is 3.78. The monoisotopic (exact) mass is 292 g/mol. The van der Waals surface area contributed by atoms with Gasteiger partial charge in [-0.15, -0.1) is 0 Å². The molecule has 0 aromatic heterocycles. The maximum absolute atomic E-state index is 13.0. The second-order valence-electron chi connectivity index (χ2n) is 6.22. The van der Waals surface area contributed by atoms with Crippen LogP contribution in [0.1, 0.15) is 39.7 Å². The molecule has 1 aromatic carbocycles. The number of benzene rings is 1. The Bertz CT molecular complexity index is 568. The van der Waals surface area contributed by atoms with Gasteiger partial charge in [0.05, 0.1) is 0 Å². The van der Waals surface area contributed by atoms with Crippen molar-refractivity contribution in [1.29, 1.82) is 0 Å². The molecule has 1 heterocycles. The zero-order valence-corrected chi connectivity index (χ0v) is 12.9. The Morgan fingerprint density at radius 1 is 1.14 bits per heavy atom. The van der Waals surface area contributed by atoms with Gasteiger partial charge in [0.1, 0.15) is 16.9 Å². The summed E-state index contributed by atoms with van der Waals surface area (Å²) in [4.78, 5) is 26.6. The van der Waals surface area contributed by atoms with Crippen LogP contribution < -0.4 is 5.32 Å². The van der Waals surface area contributed by atoms with Gasteiger partial charge in [0.25, 0.3) is 0 Å². The highest BCUT2D eigenvalue weighted by Crippen LogP contribution is 2.29. The average Bonchev–Trinajstić information content (AvgIpc) is 2.44. The molecule has 0 aliphatic carbocycles. The molecule has 1 aliphatic rings. The van der Waals surface area contributed by atoms with Gasteiger partial charge < -0.3 is 10.2 Å². The standard InChI is InChI=1S/C16H21FN2O2/c1-5-16(4)14(21)19(15(2,3)13(20)18-16)10-11-6-8-12(17)9-7-11/h6-9H,5,10H2,1-4H3,(H,18,20). The second kappa shape index (κ2) is 5.13. The van der Waals surface area contributed by atoms with E-state index in [1.165, 1.54) is 12.1 Å². The summed E-state index contributed by atoms with van der Waals surface area (Å²) in [6.07, 6.45) is 0.521. The van der Waals surface area contributed by atoms with E-state index in [4.69, 9.17) is 0 Å². The molecule has 1 atom stereocenters. The summed E-state index contributed by atoms with van der Waals surface area (Å²) >= 11 is 0. The van der Waals surface area contributed by atoms with Crippen molar-refractivity contribution < 1.29 is 14.0 Å². The van der Waals surface area contributed by atoms with Crippen LogP contribution in [-0.2, 0) is 16.1 Å². The Balaban J connectivity index is 2.35. The van der Waals surface area contributed by atoms with Crippen LogP contribution in [0.4, 0.5) is 4.39 Å². The minimum atomic E-state index is -0.930. The molecule has 1 unspecified atom stereocenters. The third-order valence-electron chi connectivity index (χ3n) is 4.30.